The fourth-order valence-electron chi connectivity index (χ4n) is 3.72. The number of aryl methyl sites for hydroxylation is 3. The van der Waals surface area contributed by atoms with Crippen LogP contribution in [0.5, 0.6) is 5.75 Å². The van der Waals surface area contributed by atoms with E-state index in [1.165, 1.54) is 17.4 Å². The molecule has 1 aliphatic carbocycles. The van der Waals surface area contributed by atoms with Gasteiger partial charge < -0.3 is 9.64 Å². The lowest BCUT2D eigenvalue weighted by atomic mass is 9.91. The molecule has 4 rings (SSSR count). The van der Waals surface area contributed by atoms with Crippen molar-refractivity contribution in [2.24, 2.45) is 7.05 Å². The summed E-state index contributed by atoms with van der Waals surface area (Å²) in [5.74, 6) is 0.386. The number of thiazole rings is 1. The van der Waals surface area contributed by atoms with Gasteiger partial charge >= 0.3 is 0 Å². The molecule has 1 saturated carbocycles. The van der Waals surface area contributed by atoms with Gasteiger partial charge in [-0.3, -0.25) is 9.48 Å². The number of amides is 1. The van der Waals surface area contributed by atoms with E-state index in [-0.39, 0.29) is 17.8 Å². The van der Waals surface area contributed by atoms with Crippen molar-refractivity contribution in [2.75, 3.05) is 13.2 Å². The van der Waals surface area contributed by atoms with Crippen molar-refractivity contribution in [3.05, 3.63) is 52.7 Å². The van der Waals surface area contributed by atoms with Gasteiger partial charge in [0.05, 0.1) is 22.7 Å². The van der Waals surface area contributed by atoms with Crippen molar-refractivity contribution in [3.63, 3.8) is 0 Å². The first kappa shape index (κ1) is 21.5. The van der Waals surface area contributed by atoms with Gasteiger partial charge in [-0.15, -0.1) is 11.3 Å². The van der Waals surface area contributed by atoms with Crippen molar-refractivity contribution in [1.82, 2.24) is 19.7 Å². The summed E-state index contributed by atoms with van der Waals surface area (Å²) < 4.78 is 20.9. The van der Waals surface area contributed by atoms with Crippen LogP contribution in [0.4, 0.5) is 4.39 Å². The van der Waals surface area contributed by atoms with Crippen LogP contribution in [0.25, 0.3) is 10.4 Å². The van der Waals surface area contributed by atoms with Crippen LogP contribution in [0.15, 0.2) is 30.6 Å². The minimum atomic E-state index is -0.239. The molecule has 1 aliphatic rings. The summed E-state index contributed by atoms with van der Waals surface area (Å²) in [6, 6.07) is 5.00. The van der Waals surface area contributed by atoms with Crippen molar-refractivity contribution in [2.45, 2.75) is 45.6 Å². The van der Waals surface area contributed by atoms with Crippen LogP contribution in [0, 0.1) is 19.7 Å². The predicted octanol–water partition coefficient (Wildman–Crippen LogP) is 4.76. The van der Waals surface area contributed by atoms with Crippen LogP contribution in [0.2, 0.25) is 0 Å². The molecular formula is C23H27FN4O2S. The summed E-state index contributed by atoms with van der Waals surface area (Å²) in [5, 5.41) is 5.11. The molecule has 0 bridgehead atoms. The molecule has 0 aliphatic heterocycles. The number of hydrogen-bond donors (Lipinski definition) is 0. The van der Waals surface area contributed by atoms with Crippen LogP contribution in [-0.4, -0.2) is 44.8 Å². The predicted molar refractivity (Wildman–Crippen MR) is 119 cm³/mol. The molecule has 0 unspecified atom stereocenters. The Kier molecular flexibility index (Phi) is 6.36. The normalized spacial score (nSPS) is 13.8. The second kappa shape index (κ2) is 9.18. The molecule has 0 N–H and O–H groups in total. The third-order valence-electron chi connectivity index (χ3n) is 5.62. The number of rotatable bonds is 8. The number of benzene rings is 1. The molecule has 0 atom stereocenters. The Morgan fingerprint density at radius 2 is 2.16 bits per heavy atom. The number of carbonyl (C=O) groups excluding carboxylic acids is 1. The van der Waals surface area contributed by atoms with Gasteiger partial charge in [0, 0.05) is 31.4 Å². The second-order valence-electron chi connectivity index (χ2n) is 8.01. The molecule has 164 valence electrons. The average Bonchev–Trinajstić information content (AvgIpc) is 3.30. The van der Waals surface area contributed by atoms with Crippen molar-refractivity contribution in [3.8, 4) is 16.2 Å². The van der Waals surface area contributed by atoms with Crippen molar-refractivity contribution < 1.29 is 13.9 Å². The number of nitrogens with zero attached hydrogens (tertiary/aromatic N) is 4. The van der Waals surface area contributed by atoms with Crippen LogP contribution in [0.1, 0.15) is 46.7 Å². The fourth-order valence-corrected chi connectivity index (χ4v) is 4.61. The van der Waals surface area contributed by atoms with E-state index in [9.17, 15) is 9.18 Å². The summed E-state index contributed by atoms with van der Waals surface area (Å²) in [6.07, 6.45) is 7.57. The molecule has 1 fully saturated rings. The van der Waals surface area contributed by atoms with Crippen LogP contribution in [0.3, 0.4) is 0 Å². The lowest BCUT2D eigenvalue weighted by molar-refractivity contribution is 0.0561. The molecule has 1 amide bonds. The molecular weight excluding hydrogens is 415 g/mol. The third-order valence-corrected chi connectivity index (χ3v) is 6.64. The lowest BCUT2D eigenvalue weighted by Crippen LogP contribution is -2.45. The topological polar surface area (TPSA) is 60.3 Å². The van der Waals surface area contributed by atoms with E-state index in [1.807, 2.05) is 25.1 Å². The third kappa shape index (κ3) is 4.79. The van der Waals surface area contributed by atoms with Crippen LogP contribution < -0.4 is 4.74 Å². The minimum Gasteiger partial charge on any atom is -0.494 e. The Bertz CT molecular complexity index is 1070. The molecule has 3 aromatic rings. The molecule has 0 radical (unpaired) electrons. The maximum absolute atomic E-state index is 13.5. The highest BCUT2D eigenvalue weighted by molar-refractivity contribution is 7.15. The van der Waals surface area contributed by atoms with E-state index in [0.717, 1.165) is 34.7 Å². The molecule has 8 heteroatoms. The maximum atomic E-state index is 13.5. The average molecular weight is 443 g/mol. The van der Waals surface area contributed by atoms with Gasteiger partial charge in [0.15, 0.2) is 0 Å². The number of aromatic nitrogens is 3. The zero-order valence-corrected chi connectivity index (χ0v) is 18.9. The number of halogens is 1. The summed E-state index contributed by atoms with van der Waals surface area (Å²) >= 11 is 1.52. The minimum absolute atomic E-state index is 0.0227. The zero-order valence-electron chi connectivity index (χ0n) is 18.1. The van der Waals surface area contributed by atoms with Crippen LogP contribution >= 0.6 is 11.3 Å². The molecule has 2 heterocycles. The van der Waals surface area contributed by atoms with Crippen molar-refractivity contribution in [1.29, 1.82) is 0 Å². The highest BCUT2D eigenvalue weighted by Gasteiger charge is 2.32. The van der Waals surface area contributed by atoms with Crippen LogP contribution in [-0.2, 0) is 7.05 Å². The van der Waals surface area contributed by atoms with Gasteiger partial charge in [-0.25, -0.2) is 9.37 Å². The monoisotopic (exact) mass is 442 g/mol. The molecule has 1 aromatic carbocycles. The second-order valence-corrected chi connectivity index (χ2v) is 9.21. The van der Waals surface area contributed by atoms with Gasteiger partial charge in [-0.2, -0.15) is 5.10 Å². The van der Waals surface area contributed by atoms with E-state index in [0.29, 0.717) is 36.6 Å². The first-order valence-corrected chi connectivity index (χ1v) is 11.4. The SMILES string of the molecule is Cc1nc(C(=O)N(CCCOc2ccc(F)c(C)c2)C2CCC2)c(-c2cnn(C)c2)s1. The Labute approximate surface area is 185 Å². The van der Waals surface area contributed by atoms with Crippen molar-refractivity contribution >= 4 is 17.2 Å². The van der Waals surface area contributed by atoms with Gasteiger partial charge in [0.25, 0.3) is 5.91 Å². The standard InChI is InChI=1S/C23H27FN4O2S/c1-15-12-19(8-9-20(15)24)30-11-5-10-28(18-6-4-7-18)23(29)21-22(31-16(2)26-21)17-13-25-27(3)14-17/h8-9,12-14,18H,4-7,10-11H2,1-3H3. The van der Waals surface area contributed by atoms with E-state index in [1.54, 1.807) is 29.9 Å². The summed E-state index contributed by atoms with van der Waals surface area (Å²) in [6.45, 7) is 4.71. The quantitative estimate of drug-likeness (QED) is 0.472. The first-order valence-electron chi connectivity index (χ1n) is 10.6. The molecule has 6 nitrogen and oxygen atoms in total. The molecule has 0 saturated heterocycles. The smallest absolute Gasteiger partial charge is 0.274 e. The van der Waals surface area contributed by atoms with Gasteiger partial charge in [-0.05, 0) is 63.3 Å². The summed E-state index contributed by atoms with van der Waals surface area (Å²) in [7, 11) is 1.86. The summed E-state index contributed by atoms with van der Waals surface area (Å²) in [4.78, 5) is 20.9. The summed E-state index contributed by atoms with van der Waals surface area (Å²) in [5.41, 5.74) is 1.99. The largest absolute Gasteiger partial charge is 0.494 e. The Morgan fingerprint density at radius 1 is 1.35 bits per heavy atom. The Hall–Kier alpha value is -2.74. The molecule has 0 spiro atoms. The van der Waals surface area contributed by atoms with Gasteiger partial charge in [0.2, 0.25) is 0 Å². The number of hydrogen-bond acceptors (Lipinski definition) is 5. The van der Waals surface area contributed by atoms with E-state index in [4.69, 9.17) is 4.74 Å². The first-order chi connectivity index (χ1) is 14.9. The fraction of sp³-hybridized carbons (Fsp3) is 0.435. The zero-order chi connectivity index (χ0) is 22.0. The molecule has 2 aromatic heterocycles. The van der Waals surface area contributed by atoms with Gasteiger partial charge in [-0.1, -0.05) is 0 Å². The van der Waals surface area contributed by atoms with Gasteiger partial charge in [0.1, 0.15) is 17.3 Å². The highest BCUT2D eigenvalue weighted by Crippen LogP contribution is 2.33. The number of ether oxygens (including phenoxy) is 1. The Morgan fingerprint density at radius 3 is 2.81 bits per heavy atom. The highest BCUT2D eigenvalue weighted by atomic mass is 32.1. The van der Waals surface area contributed by atoms with E-state index < -0.39 is 0 Å². The van der Waals surface area contributed by atoms with E-state index in [2.05, 4.69) is 10.1 Å². The molecule has 31 heavy (non-hydrogen) atoms. The maximum Gasteiger partial charge on any atom is 0.274 e. The Balaban J connectivity index is 1.44. The number of carbonyl (C=O) groups is 1. The lowest BCUT2D eigenvalue weighted by Gasteiger charge is -2.37. The van der Waals surface area contributed by atoms with E-state index >= 15 is 0 Å².